The van der Waals surface area contributed by atoms with E-state index in [0.717, 1.165) is 12.6 Å². The highest BCUT2D eigenvalue weighted by Crippen LogP contribution is 2.52. The van der Waals surface area contributed by atoms with Gasteiger partial charge in [0.05, 0.1) is 0 Å². The molecule has 0 saturated heterocycles. The standard InChI is InChI=1S/C12H17F3N4/c1-6(2)11(3)4-8(11)18-10-17-5-7(9(16)19-10)12(13,14)15/h5-6,8H,4H2,1-3H3,(H3,16,17,18,19). The number of hydrogen-bond acceptors (Lipinski definition) is 4. The highest BCUT2D eigenvalue weighted by Gasteiger charge is 2.52. The van der Waals surface area contributed by atoms with Crippen LogP contribution >= 0.6 is 0 Å². The van der Waals surface area contributed by atoms with Crippen molar-refractivity contribution in [2.75, 3.05) is 11.1 Å². The van der Waals surface area contributed by atoms with Crippen LogP contribution in [0.5, 0.6) is 0 Å². The van der Waals surface area contributed by atoms with E-state index in [1.165, 1.54) is 0 Å². The number of hydrogen-bond donors (Lipinski definition) is 2. The second-order valence-corrected chi connectivity index (χ2v) is 5.55. The van der Waals surface area contributed by atoms with Gasteiger partial charge in [-0.15, -0.1) is 0 Å². The molecule has 1 saturated carbocycles. The fourth-order valence-electron chi connectivity index (χ4n) is 2.07. The van der Waals surface area contributed by atoms with E-state index in [4.69, 9.17) is 5.73 Å². The van der Waals surface area contributed by atoms with Crippen molar-refractivity contribution in [1.29, 1.82) is 0 Å². The molecule has 1 aliphatic rings. The van der Waals surface area contributed by atoms with E-state index in [2.05, 4.69) is 36.1 Å². The van der Waals surface area contributed by atoms with Gasteiger partial charge in [0.25, 0.3) is 0 Å². The molecule has 0 bridgehead atoms. The largest absolute Gasteiger partial charge is 0.421 e. The Kier molecular flexibility index (Phi) is 3.10. The Bertz CT molecular complexity index is 486. The van der Waals surface area contributed by atoms with Crippen LogP contribution in [0.25, 0.3) is 0 Å². The van der Waals surface area contributed by atoms with Gasteiger partial charge in [-0.25, -0.2) is 4.98 Å². The van der Waals surface area contributed by atoms with Crippen LogP contribution in [0.3, 0.4) is 0 Å². The van der Waals surface area contributed by atoms with E-state index in [0.29, 0.717) is 5.92 Å². The van der Waals surface area contributed by atoms with E-state index in [1.54, 1.807) is 0 Å². The first-order valence-electron chi connectivity index (χ1n) is 6.11. The number of anilines is 2. The van der Waals surface area contributed by atoms with Crippen LogP contribution in [-0.2, 0) is 6.18 Å². The maximum absolute atomic E-state index is 12.5. The summed E-state index contributed by atoms with van der Waals surface area (Å²) in [6.45, 7) is 6.36. The van der Waals surface area contributed by atoms with E-state index in [-0.39, 0.29) is 17.4 Å². The van der Waals surface area contributed by atoms with Gasteiger partial charge in [-0.1, -0.05) is 20.8 Å². The van der Waals surface area contributed by atoms with Crippen LogP contribution in [0.4, 0.5) is 24.9 Å². The summed E-state index contributed by atoms with van der Waals surface area (Å²) in [6, 6.07) is 0.184. The van der Waals surface area contributed by atoms with Crippen molar-refractivity contribution < 1.29 is 13.2 Å². The molecule has 1 aromatic heterocycles. The third-order valence-corrected chi connectivity index (χ3v) is 4.03. The van der Waals surface area contributed by atoms with Gasteiger partial charge < -0.3 is 11.1 Å². The van der Waals surface area contributed by atoms with Gasteiger partial charge in [0.1, 0.15) is 11.4 Å². The number of nitrogens with two attached hydrogens (primary N) is 1. The van der Waals surface area contributed by atoms with Crippen LogP contribution < -0.4 is 11.1 Å². The number of rotatable bonds is 3. The molecule has 0 aromatic carbocycles. The first-order chi connectivity index (χ1) is 8.64. The SMILES string of the molecule is CC(C)C1(C)CC1Nc1ncc(C(F)(F)F)c(N)n1. The minimum absolute atomic E-state index is 0.140. The van der Waals surface area contributed by atoms with E-state index in [9.17, 15) is 13.2 Å². The minimum Gasteiger partial charge on any atom is -0.383 e. The Morgan fingerprint density at radius 2 is 2.11 bits per heavy atom. The van der Waals surface area contributed by atoms with E-state index < -0.39 is 17.6 Å². The third kappa shape index (κ3) is 2.59. The highest BCUT2D eigenvalue weighted by atomic mass is 19.4. The topological polar surface area (TPSA) is 63.8 Å². The molecule has 0 spiro atoms. The second-order valence-electron chi connectivity index (χ2n) is 5.55. The zero-order valence-corrected chi connectivity index (χ0v) is 11.0. The molecule has 1 aromatic rings. The molecular weight excluding hydrogens is 257 g/mol. The molecular formula is C12H17F3N4. The van der Waals surface area contributed by atoms with Crippen molar-refractivity contribution in [3.05, 3.63) is 11.8 Å². The zero-order chi connectivity index (χ0) is 14.4. The molecule has 0 amide bonds. The number of aromatic nitrogens is 2. The number of nitrogen functional groups attached to an aromatic ring is 1. The summed E-state index contributed by atoms with van der Waals surface area (Å²) >= 11 is 0. The lowest BCUT2D eigenvalue weighted by Crippen LogP contribution is -2.19. The molecule has 3 N–H and O–H groups in total. The second kappa shape index (κ2) is 4.25. The van der Waals surface area contributed by atoms with Crippen molar-refractivity contribution in [2.45, 2.75) is 39.4 Å². The average molecular weight is 274 g/mol. The van der Waals surface area contributed by atoms with Crippen molar-refractivity contribution in [3.63, 3.8) is 0 Å². The predicted molar refractivity (Wildman–Crippen MR) is 66.4 cm³/mol. The molecule has 1 fully saturated rings. The molecule has 7 heteroatoms. The lowest BCUT2D eigenvalue weighted by Gasteiger charge is -2.16. The van der Waals surface area contributed by atoms with Gasteiger partial charge in [0, 0.05) is 12.2 Å². The van der Waals surface area contributed by atoms with Crippen LogP contribution in [0.1, 0.15) is 32.8 Å². The fourth-order valence-corrected chi connectivity index (χ4v) is 2.07. The summed E-state index contributed by atoms with van der Waals surface area (Å²) in [5, 5.41) is 3.04. The summed E-state index contributed by atoms with van der Waals surface area (Å²) in [7, 11) is 0. The van der Waals surface area contributed by atoms with Crippen molar-refractivity contribution >= 4 is 11.8 Å². The summed E-state index contributed by atoms with van der Waals surface area (Å²) in [6.07, 6.45) is -2.84. The molecule has 1 aliphatic carbocycles. The Morgan fingerprint density at radius 3 is 2.53 bits per heavy atom. The van der Waals surface area contributed by atoms with Crippen molar-refractivity contribution in [2.24, 2.45) is 11.3 Å². The minimum atomic E-state index is -4.52. The van der Waals surface area contributed by atoms with Crippen LogP contribution in [0.2, 0.25) is 0 Å². The summed E-state index contributed by atoms with van der Waals surface area (Å²) < 4.78 is 37.5. The summed E-state index contributed by atoms with van der Waals surface area (Å²) in [4.78, 5) is 7.37. The lowest BCUT2D eigenvalue weighted by atomic mass is 9.94. The van der Waals surface area contributed by atoms with E-state index >= 15 is 0 Å². The Morgan fingerprint density at radius 1 is 1.47 bits per heavy atom. The zero-order valence-electron chi connectivity index (χ0n) is 11.0. The molecule has 2 atom stereocenters. The van der Waals surface area contributed by atoms with E-state index in [1.807, 2.05) is 0 Å². The van der Waals surface area contributed by atoms with Gasteiger partial charge in [-0.3, -0.25) is 0 Å². The predicted octanol–water partition coefficient (Wildman–Crippen LogP) is 2.92. The number of nitrogens with zero attached hydrogens (tertiary/aromatic N) is 2. The highest BCUT2D eigenvalue weighted by molar-refractivity contribution is 5.45. The first kappa shape index (κ1) is 13.9. The van der Waals surface area contributed by atoms with Crippen LogP contribution in [0, 0.1) is 11.3 Å². The molecule has 2 rings (SSSR count). The fraction of sp³-hybridized carbons (Fsp3) is 0.667. The first-order valence-corrected chi connectivity index (χ1v) is 6.11. The Hall–Kier alpha value is -1.53. The van der Waals surface area contributed by atoms with Gasteiger partial charge in [0.15, 0.2) is 0 Å². The maximum Gasteiger partial charge on any atom is 0.421 e. The van der Waals surface area contributed by atoms with Gasteiger partial charge in [0.2, 0.25) is 5.95 Å². The molecule has 19 heavy (non-hydrogen) atoms. The van der Waals surface area contributed by atoms with Crippen LogP contribution in [-0.4, -0.2) is 16.0 Å². The normalized spacial score (nSPS) is 26.6. The van der Waals surface area contributed by atoms with Crippen molar-refractivity contribution in [3.8, 4) is 0 Å². The molecule has 0 radical (unpaired) electrons. The summed E-state index contributed by atoms with van der Waals surface area (Å²) in [5.74, 6) is 0.0913. The lowest BCUT2D eigenvalue weighted by molar-refractivity contribution is -0.137. The molecule has 4 nitrogen and oxygen atoms in total. The molecule has 1 heterocycles. The average Bonchev–Trinajstić information content (AvgIpc) is 2.89. The number of alkyl halides is 3. The monoisotopic (exact) mass is 274 g/mol. The third-order valence-electron chi connectivity index (χ3n) is 4.03. The quantitative estimate of drug-likeness (QED) is 0.889. The Balaban J connectivity index is 2.11. The van der Waals surface area contributed by atoms with Gasteiger partial charge in [-0.2, -0.15) is 18.2 Å². The Labute approximate surface area is 109 Å². The molecule has 106 valence electrons. The van der Waals surface area contributed by atoms with Gasteiger partial charge in [-0.05, 0) is 17.8 Å². The number of nitrogens with one attached hydrogen (secondary N) is 1. The van der Waals surface area contributed by atoms with Crippen molar-refractivity contribution in [1.82, 2.24) is 9.97 Å². The maximum atomic E-state index is 12.5. The summed E-state index contributed by atoms with van der Waals surface area (Å²) in [5.41, 5.74) is 4.46. The molecule has 2 unspecified atom stereocenters. The van der Waals surface area contributed by atoms with Crippen LogP contribution in [0.15, 0.2) is 6.20 Å². The molecule has 0 aliphatic heterocycles. The number of halogens is 3. The smallest absolute Gasteiger partial charge is 0.383 e. The van der Waals surface area contributed by atoms with Gasteiger partial charge >= 0.3 is 6.18 Å².